The Bertz CT molecular complexity index is 1340. The number of nitrogens with one attached hydrogen (secondary N) is 2. The molecule has 6 heteroatoms. The second-order valence-electron chi connectivity index (χ2n) is 7.25. The van der Waals surface area contributed by atoms with Crippen molar-refractivity contribution in [1.82, 2.24) is 4.98 Å². The highest BCUT2D eigenvalue weighted by atomic mass is 79.9. The number of rotatable bonds is 2. The van der Waals surface area contributed by atoms with Crippen molar-refractivity contribution in [2.75, 3.05) is 5.32 Å². The number of aliphatic imine (C=N–C) groups is 1. The van der Waals surface area contributed by atoms with Crippen LogP contribution in [-0.4, -0.2) is 15.8 Å². The van der Waals surface area contributed by atoms with Gasteiger partial charge in [0.05, 0.1) is 28.6 Å². The summed E-state index contributed by atoms with van der Waals surface area (Å²) in [4.78, 5) is 20.6. The van der Waals surface area contributed by atoms with E-state index in [1.54, 1.807) is 12.1 Å². The molecule has 5 rings (SSSR count). The highest BCUT2D eigenvalue weighted by Crippen LogP contribution is 2.37. The molecule has 0 spiro atoms. The van der Waals surface area contributed by atoms with Crippen LogP contribution in [0.5, 0.6) is 5.75 Å². The first kappa shape index (κ1) is 18.6. The van der Waals surface area contributed by atoms with Crippen molar-refractivity contribution in [2.45, 2.75) is 12.5 Å². The summed E-state index contributed by atoms with van der Waals surface area (Å²) in [6.45, 7) is 0. The molecule has 1 unspecified atom stereocenters. The van der Waals surface area contributed by atoms with E-state index < -0.39 is 0 Å². The maximum Gasteiger partial charge on any atom is 0.261 e. The molecule has 0 saturated carbocycles. The fraction of sp³-hybridized carbons (Fsp3) is 0.0833. The summed E-state index contributed by atoms with van der Waals surface area (Å²) >= 11 is 3.48. The van der Waals surface area contributed by atoms with E-state index in [2.05, 4.69) is 26.2 Å². The number of fused-ring (bicyclic) bond motifs is 2. The average molecular weight is 460 g/mol. The summed E-state index contributed by atoms with van der Waals surface area (Å²) in [6.07, 6.45) is 0.450. The molecular weight excluding hydrogens is 442 g/mol. The number of aromatic hydroxyl groups is 1. The quantitative estimate of drug-likeness (QED) is 0.361. The minimum atomic E-state index is -0.348. The molecule has 1 aliphatic heterocycles. The Labute approximate surface area is 181 Å². The zero-order valence-electron chi connectivity index (χ0n) is 15.9. The van der Waals surface area contributed by atoms with Gasteiger partial charge < -0.3 is 15.4 Å². The Balaban J connectivity index is 1.70. The highest BCUT2D eigenvalue weighted by molar-refractivity contribution is 9.10. The number of anilines is 1. The molecule has 1 atom stereocenters. The maximum absolute atomic E-state index is 12.9. The van der Waals surface area contributed by atoms with Crippen molar-refractivity contribution < 1.29 is 5.11 Å². The lowest BCUT2D eigenvalue weighted by molar-refractivity contribution is 0.479. The predicted molar refractivity (Wildman–Crippen MR) is 124 cm³/mol. The van der Waals surface area contributed by atoms with Gasteiger partial charge in [-0.25, -0.2) is 0 Å². The Morgan fingerprint density at radius 1 is 0.967 bits per heavy atom. The maximum atomic E-state index is 12.9. The topological polar surface area (TPSA) is 77.5 Å². The van der Waals surface area contributed by atoms with Crippen LogP contribution in [0, 0.1) is 0 Å². The van der Waals surface area contributed by atoms with E-state index in [1.807, 2.05) is 60.7 Å². The molecule has 4 aromatic rings. The average Bonchev–Trinajstić information content (AvgIpc) is 2.94. The number of H-pyrrole nitrogens is 1. The number of halogens is 1. The third kappa shape index (κ3) is 3.29. The van der Waals surface area contributed by atoms with Gasteiger partial charge in [0.1, 0.15) is 11.3 Å². The minimum absolute atomic E-state index is 0.0398. The second kappa shape index (κ2) is 7.46. The second-order valence-corrected chi connectivity index (χ2v) is 8.17. The Morgan fingerprint density at radius 3 is 2.53 bits per heavy atom. The van der Waals surface area contributed by atoms with E-state index in [4.69, 9.17) is 4.99 Å². The molecule has 148 valence electrons. The monoisotopic (exact) mass is 459 g/mol. The number of aromatic nitrogens is 1. The smallest absolute Gasteiger partial charge is 0.261 e. The highest BCUT2D eigenvalue weighted by Gasteiger charge is 2.25. The van der Waals surface area contributed by atoms with Crippen LogP contribution in [0.25, 0.3) is 10.9 Å². The number of hydrogen-bond donors (Lipinski definition) is 3. The van der Waals surface area contributed by atoms with E-state index in [-0.39, 0.29) is 22.9 Å². The number of para-hydroxylation sites is 3. The van der Waals surface area contributed by atoms with Gasteiger partial charge in [0.15, 0.2) is 0 Å². The molecule has 30 heavy (non-hydrogen) atoms. The Hall–Kier alpha value is -3.38. The molecule has 0 fully saturated rings. The first-order valence-corrected chi connectivity index (χ1v) is 10.4. The molecule has 1 aliphatic rings. The van der Waals surface area contributed by atoms with Crippen molar-refractivity contribution in [3.63, 3.8) is 0 Å². The standard InChI is InChI=1S/C24H18BrN3O2/c25-15-11-9-14(10-12-15)20-13-21(27-19-8-4-3-7-18(19)26-20)22-23(29)16-5-1-2-6-17(16)28-24(22)30/h1-12,20,26H,13H2,(H2,28,29,30). The van der Waals surface area contributed by atoms with Crippen LogP contribution in [0.15, 0.2) is 87.1 Å². The molecule has 3 aromatic carbocycles. The van der Waals surface area contributed by atoms with Gasteiger partial charge in [0.2, 0.25) is 0 Å². The van der Waals surface area contributed by atoms with Gasteiger partial charge in [-0.1, -0.05) is 52.3 Å². The molecule has 0 radical (unpaired) electrons. The summed E-state index contributed by atoms with van der Waals surface area (Å²) in [5.74, 6) is -0.0398. The molecular formula is C24H18BrN3O2. The molecule has 1 aromatic heterocycles. The van der Waals surface area contributed by atoms with Gasteiger partial charge in [-0.05, 0) is 42.0 Å². The Morgan fingerprint density at radius 2 is 1.70 bits per heavy atom. The number of benzene rings is 3. The first-order valence-electron chi connectivity index (χ1n) is 9.63. The summed E-state index contributed by atoms with van der Waals surface area (Å²) in [5.41, 5.74) is 3.70. The van der Waals surface area contributed by atoms with Crippen LogP contribution in [0.4, 0.5) is 11.4 Å². The summed E-state index contributed by atoms with van der Waals surface area (Å²) in [7, 11) is 0. The zero-order valence-corrected chi connectivity index (χ0v) is 17.5. The van der Waals surface area contributed by atoms with Gasteiger partial charge in [-0.15, -0.1) is 0 Å². The van der Waals surface area contributed by atoms with Gasteiger partial charge in [-0.2, -0.15) is 0 Å². The van der Waals surface area contributed by atoms with Crippen molar-refractivity contribution >= 4 is 43.9 Å². The van der Waals surface area contributed by atoms with Crippen LogP contribution < -0.4 is 10.9 Å². The summed E-state index contributed by atoms with van der Waals surface area (Å²) < 4.78 is 0.998. The van der Waals surface area contributed by atoms with Gasteiger partial charge in [0, 0.05) is 16.3 Å². The third-order valence-electron chi connectivity index (χ3n) is 5.34. The van der Waals surface area contributed by atoms with E-state index in [0.717, 1.165) is 21.4 Å². The molecule has 2 heterocycles. The lowest BCUT2D eigenvalue weighted by atomic mass is 9.96. The van der Waals surface area contributed by atoms with Crippen LogP contribution in [-0.2, 0) is 0 Å². The first-order chi connectivity index (χ1) is 14.6. The number of aromatic amines is 1. The molecule has 0 saturated heterocycles. The lowest BCUT2D eigenvalue weighted by Crippen LogP contribution is -2.21. The fourth-order valence-electron chi connectivity index (χ4n) is 3.86. The number of hydrogen-bond acceptors (Lipinski definition) is 4. The molecule has 0 bridgehead atoms. The predicted octanol–water partition coefficient (Wildman–Crippen LogP) is 5.67. The molecule has 5 nitrogen and oxygen atoms in total. The van der Waals surface area contributed by atoms with Crippen molar-refractivity contribution in [3.05, 3.63) is 98.7 Å². The van der Waals surface area contributed by atoms with Crippen LogP contribution >= 0.6 is 15.9 Å². The molecule has 0 aliphatic carbocycles. The third-order valence-corrected chi connectivity index (χ3v) is 5.87. The lowest BCUT2D eigenvalue weighted by Gasteiger charge is -2.19. The van der Waals surface area contributed by atoms with Gasteiger partial charge in [0.25, 0.3) is 5.56 Å². The SMILES string of the molecule is O=c1[nH]c2ccccc2c(O)c1C1=Nc2ccccc2NC(c2ccc(Br)cc2)C1. The summed E-state index contributed by atoms with van der Waals surface area (Å²) in [6, 6.07) is 22.9. The normalized spacial score (nSPS) is 15.8. The van der Waals surface area contributed by atoms with Crippen molar-refractivity contribution in [3.8, 4) is 5.75 Å². The van der Waals surface area contributed by atoms with E-state index in [1.165, 1.54) is 0 Å². The largest absolute Gasteiger partial charge is 0.506 e. The number of pyridine rings is 1. The fourth-order valence-corrected chi connectivity index (χ4v) is 4.13. The van der Waals surface area contributed by atoms with E-state index in [0.29, 0.717) is 23.0 Å². The number of nitrogens with zero attached hydrogens (tertiary/aromatic N) is 1. The van der Waals surface area contributed by atoms with Gasteiger partial charge >= 0.3 is 0 Å². The molecule has 0 amide bonds. The van der Waals surface area contributed by atoms with Crippen LogP contribution in [0.2, 0.25) is 0 Å². The molecule has 3 N–H and O–H groups in total. The summed E-state index contributed by atoms with van der Waals surface area (Å²) in [5, 5.41) is 15.1. The Kier molecular flexibility index (Phi) is 4.64. The van der Waals surface area contributed by atoms with E-state index >= 15 is 0 Å². The van der Waals surface area contributed by atoms with Crippen LogP contribution in [0.1, 0.15) is 23.6 Å². The van der Waals surface area contributed by atoms with Gasteiger partial charge in [-0.3, -0.25) is 9.79 Å². The van der Waals surface area contributed by atoms with Crippen molar-refractivity contribution in [2.24, 2.45) is 4.99 Å². The zero-order chi connectivity index (χ0) is 20.7. The minimum Gasteiger partial charge on any atom is -0.506 e. The van der Waals surface area contributed by atoms with Crippen LogP contribution in [0.3, 0.4) is 0 Å². The van der Waals surface area contributed by atoms with E-state index in [9.17, 15) is 9.90 Å². The van der Waals surface area contributed by atoms with Crippen molar-refractivity contribution in [1.29, 1.82) is 0 Å².